The fraction of sp³-hybridized carbons (Fsp3) is 0.0435. The van der Waals surface area contributed by atoms with E-state index in [0.29, 0.717) is 22.9 Å². The van der Waals surface area contributed by atoms with E-state index in [0.717, 1.165) is 5.56 Å². The topological polar surface area (TPSA) is 105 Å². The molecule has 0 atom stereocenters. The predicted octanol–water partition coefficient (Wildman–Crippen LogP) is 5.37. The van der Waals surface area contributed by atoms with E-state index in [4.69, 9.17) is 16.3 Å². The van der Waals surface area contributed by atoms with Crippen molar-refractivity contribution in [1.29, 1.82) is 5.26 Å². The van der Waals surface area contributed by atoms with Crippen molar-refractivity contribution in [3.05, 3.63) is 105 Å². The van der Waals surface area contributed by atoms with Gasteiger partial charge in [-0.25, -0.2) is 0 Å². The third-order valence-electron chi connectivity index (χ3n) is 4.19. The number of nitrogens with zero attached hydrogens (tertiary/aromatic N) is 2. The first-order valence-corrected chi connectivity index (χ1v) is 9.47. The van der Waals surface area contributed by atoms with Gasteiger partial charge < -0.3 is 10.1 Å². The van der Waals surface area contributed by atoms with E-state index in [1.54, 1.807) is 36.4 Å². The minimum Gasteiger partial charge on any atom is -0.489 e. The molecule has 7 nitrogen and oxygen atoms in total. The summed E-state index contributed by atoms with van der Waals surface area (Å²) < 4.78 is 5.71. The number of carbonyl (C=O) groups is 1. The summed E-state index contributed by atoms with van der Waals surface area (Å²) in [6.45, 7) is 0.376. The van der Waals surface area contributed by atoms with Gasteiger partial charge in [0.1, 0.15) is 24.0 Å². The van der Waals surface area contributed by atoms with Gasteiger partial charge in [-0.05, 0) is 47.5 Å². The highest BCUT2D eigenvalue weighted by atomic mass is 35.5. The van der Waals surface area contributed by atoms with Crippen LogP contribution in [0.15, 0.2) is 78.4 Å². The van der Waals surface area contributed by atoms with Crippen LogP contribution in [-0.2, 0) is 11.4 Å². The maximum absolute atomic E-state index is 12.4. The maximum Gasteiger partial charge on any atom is 0.271 e. The summed E-state index contributed by atoms with van der Waals surface area (Å²) >= 11 is 5.86. The molecule has 0 spiro atoms. The van der Waals surface area contributed by atoms with Gasteiger partial charge >= 0.3 is 0 Å². The number of benzene rings is 3. The Labute approximate surface area is 183 Å². The number of carbonyl (C=O) groups excluding carboxylic acids is 1. The quantitative estimate of drug-likeness (QED) is 0.233. The molecule has 0 unspecified atom stereocenters. The summed E-state index contributed by atoms with van der Waals surface area (Å²) in [4.78, 5) is 22.7. The van der Waals surface area contributed by atoms with Crippen LogP contribution in [0, 0.1) is 21.4 Å². The Bertz CT molecular complexity index is 1170. The van der Waals surface area contributed by atoms with Crippen LogP contribution in [0.4, 0.5) is 11.4 Å². The zero-order valence-corrected chi connectivity index (χ0v) is 16.9. The maximum atomic E-state index is 12.4. The van der Waals surface area contributed by atoms with Crippen molar-refractivity contribution in [1.82, 2.24) is 0 Å². The smallest absolute Gasteiger partial charge is 0.271 e. The fourth-order valence-corrected chi connectivity index (χ4v) is 2.74. The Morgan fingerprint density at radius 2 is 1.84 bits per heavy atom. The Morgan fingerprint density at radius 1 is 1.13 bits per heavy atom. The van der Waals surface area contributed by atoms with Crippen molar-refractivity contribution in [2.24, 2.45) is 0 Å². The van der Waals surface area contributed by atoms with E-state index >= 15 is 0 Å². The molecule has 3 aromatic carbocycles. The number of hydrogen-bond donors (Lipinski definition) is 1. The molecule has 8 heteroatoms. The van der Waals surface area contributed by atoms with Crippen LogP contribution in [0.3, 0.4) is 0 Å². The molecule has 0 radical (unpaired) electrons. The van der Waals surface area contributed by atoms with Crippen molar-refractivity contribution < 1.29 is 14.5 Å². The highest BCUT2D eigenvalue weighted by Gasteiger charge is 2.12. The van der Waals surface area contributed by atoms with Crippen molar-refractivity contribution in [2.45, 2.75) is 6.61 Å². The van der Waals surface area contributed by atoms with Crippen molar-refractivity contribution in [2.75, 3.05) is 5.32 Å². The van der Waals surface area contributed by atoms with Gasteiger partial charge in [0.25, 0.3) is 11.6 Å². The lowest BCUT2D eigenvalue weighted by molar-refractivity contribution is -0.384. The van der Waals surface area contributed by atoms with E-state index in [-0.39, 0.29) is 16.9 Å². The molecule has 0 heterocycles. The van der Waals surface area contributed by atoms with Gasteiger partial charge in [-0.1, -0.05) is 41.9 Å². The molecule has 0 aromatic heterocycles. The van der Waals surface area contributed by atoms with Crippen molar-refractivity contribution >= 4 is 35.0 Å². The number of nitrogens with one attached hydrogen (secondary N) is 1. The highest BCUT2D eigenvalue weighted by Crippen LogP contribution is 2.20. The first-order valence-electron chi connectivity index (χ1n) is 9.09. The number of rotatable bonds is 7. The second-order valence-corrected chi connectivity index (χ2v) is 6.85. The van der Waals surface area contributed by atoms with Crippen LogP contribution in [0.5, 0.6) is 5.75 Å². The molecule has 0 saturated carbocycles. The van der Waals surface area contributed by atoms with Crippen LogP contribution in [0.1, 0.15) is 11.1 Å². The van der Waals surface area contributed by atoms with Crippen LogP contribution < -0.4 is 10.1 Å². The lowest BCUT2D eigenvalue weighted by Gasteiger charge is -2.07. The normalized spacial score (nSPS) is 10.8. The van der Waals surface area contributed by atoms with Crippen molar-refractivity contribution in [3.63, 3.8) is 0 Å². The van der Waals surface area contributed by atoms with Gasteiger partial charge in [-0.2, -0.15) is 5.26 Å². The molecule has 0 saturated heterocycles. The van der Waals surface area contributed by atoms with E-state index in [9.17, 15) is 20.2 Å². The molecule has 0 fully saturated rings. The number of nitro groups is 1. The molecule has 0 aliphatic carbocycles. The molecule has 3 rings (SSSR count). The standard InChI is InChI=1S/C23H16ClN3O4/c24-19-8-4-17(5-9-19)15-31-22-10-6-16(7-11-22)12-18(14-25)23(28)26-20-2-1-3-21(13-20)27(29)30/h1-13H,15H2,(H,26,28)/b18-12+. The lowest BCUT2D eigenvalue weighted by atomic mass is 10.1. The molecule has 0 bridgehead atoms. The number of hydrogen-bond acceptors (Lipinski definition) is 5. The summed E-state index contributed by atoms with van der Waals surface area (Å²) in [6.07, 6.45) is 1.43. The summed E-state index contributed by atoms with van der Waals surface area (Å²) in [6, 6.07) is 21.6. The molecule has 0 aliphatic heterocycles. The summed E-state index contributed by atoms with van der Waals surface area (Å²) in [5, 5.41) is 23.3. The number of nitriles is 1. The minimum atomic E-state index is -0.661. The van der Waals surface area contributed by atoms with Crippen LogP contribution in [-0.4, -0.2) is 10.8 Å². The third kappa shape index (κ3) is 6.16. The molecule has 154 valence electrons. The molecule has 3 aromatic rings. The number of non-ortho nitro benzene ring substituents is 1. The molecular formula is C23H16ClN3O4. The second kappa shape index (κ2) is 10.1. The van der Waals surface area contributed by atoms with Gasteiger partial charge in [0.2, 0.25) is 0 Å². The number of halogens is 1. The molecule has 0 aliphatic rings. The zero-order valence-electron chi connectivity index (χ0n) is 16.1. The van der Waals surface area contributed by atoms with Crippen LogP contribution in [0.25, 0.3) is 6.08 Å². The van der Waals surface area contributed by atoms with E-state index in [1.165, 1.54) is 30.3 Å². The number of nitro benzene ring substituents is 1. The van der Waals surface area contributed by atoms with Gasteiger partial charge in [-0.3, -0.25) is 14.9 Å². The minimum absolute atomic E-state index is 0.138. The van der Waals surface area contributed by atoms with Crippen LogP contribution in [0.2, 0.25) is 5.02 Å². The fourth-order valence-electron chi connectivity index (χ4n) is 2.62. The van der Waals surface area contributed by atoms with Gasteiger partial charge in [0.05, 0.1) is 4.92 Å². The number of amides is 1. The molecule has 1 amide bonds. The van der Waals surface area contributed by atoms with E-state index < -0.39 is 10.8 Å². The molecular weight excluding hydrogens is 418 g/mol. The van der Waals surface area contributed by atoms with Gasteiger partial charge in [0, 0.05) is 22.8 Å². The predicted molar refractivity (Wildman–Crippen MR) is 118 cm³/mol. The van der Waals surface area contributed by atoms with E-state index in [2.05, 4.69) is 5.32 Å². The Morgan fingerprint density at radius 3 is 2.48 bits per heavy atom. The Kier molecular flexibility index (Phi) is 6.99. The molecule has 31 heavy (non-hydrogen) atoms. The number of anilines is 1. The second-order valence-electron chi connectivity index (χ2n) is 6.42. The lowest BCUT2D eigenvalue weighted by Crippen LogP contribution is -2.13. The first-order chi connectivity index (χ1) is 14.9. The van der Waals surface area contributed by atoms with Gasteiger partial charge in [0.15, 0.2) is 0 Å². The monoisotopic (exact) mass is 433 g/mol. The SMILES string of the molecule is N#C/C(=C\c1ccc(OCc2ccc(Cl)cc2)cc1)C(=O)Nc1cccc([N+](=O)[O-])c1. The average Bonchev–Trinajstić information content (AvgIpc) is 2.78. The Hall–Kier alpha value is -4.15. The highest BCUT2D eigenvalue weighted by molar-refractivity contribution is 6.30. The van der Waals surface area contributed by atoms with Crippen molar-refractivity contribution in [3.8, 4) is 11.8 Å². The zero-order chi connectivity index (χ0) is 22.2. The molecule has 1 N–H and O–H groups in total. The summed E-state index contributed by atoms with van der Waals surface area (Å²) in [7, 11) is 0. The van der Waals surface area contributed by atoms with Crippen LogP contribution >= 0.6 is 11.6 Å². The Balaban J connectivity index is 1.65. The third-order valence-corrected chi connectivity index (χ3v) is 4.44. The summed E-state index contributed by atoms with van der Waals surface area (Å²) in [5.74, 6) is -0.0299. The van der Waals surface area contributed by atoms with Gasteiger partial charge in [-0.15, -0.1) is 0 Å². The largest absolute Gasteiger partial charge is 0.489 e. The first kappa shape index (κ1) is 21.6. The summed E-state index contributed by atoms with van der Waals surface area (Å²) in [5.41, 5.74) is 1.53. The number of ether oxygens (including phenoxy) is 1. The van der Waals surface area contributed by atoms with E-state index in [1.807, 2.05) is 18.2 Å². The average molecular weight is 434 g/mol.